The van der Waals surface area contributed by atoms with Crippen molar-refractivity contribution in [3.8, 4) is 11.4 Å². The van der Waals surface area contributed by atoms with E-state index < -0.39 is 22.8 Å². The van der Waals surface area contributed by atoms with Crippen molar-refractivity contribution in [2.45, 2.75) is 27.7 Å². The lowest BCUT2D eigenvalue weighted by atomic mass is 10.1. The van der Waals surface area contributed by atoms with E-state index in [-0.39, 0.29) is 11.3 Å². The summed E-state index contributed by atoms with van der Waals surface area (Å²) in [6, 6.07) is 10.3. The summed E-state index contributed by atoms with van der Waals surface area (Å²) in [5.41, 5.74) is 4.22. The minimum atomic E-state index is -0.822. The van der Waals surface area contributed by atoms with Gasteiger partial charge < -0.3 is 9.30 Å². The monoisotopic (exact) mass is 488 g/mol. The summed E-state index contributed by atoms with van der Waals surface area (Å²) in [5, 5.41) is 13.6. The van der Waals surface area contributed by atoms with Gasteiger partial charge in [-0.3, -0.25) is 25.0 Å². The first kappa shape index (κ1) is 24.4. The Labute approximate surface area is 206 Å². The van der Waals surface area contributed by atoms with E-state index in [1.807, 2.05) is 13.8 Å². The number of ether oxygens (including phenoxy) is 1. The molecule has 1 saturated heterocycles. The molecule has 4 amide bonds. The smallest absolute Gasteiger partial charge is 0.335 e. The molecule has 4 rings (SSSR count). The Balaban J connectivity index is 1.81. The Bertz CT molecular complexity index is 1480. The first-order valence-corrected chi connectivity index (χ1v) is 11.0. The van der Waals surface area contributed by atoms with Crippen molar-refractivity contribution < 1.29 is 24.0 Å². The summed E-state index contributed by atoms with van der Waals surface area (Å²) >= 11 is 0. The number of carbonyl (C=O) groups is 3. The normalized spacial score (nSPS) is 14.9. The highest BCUT2D eigenvalue weighted by atomic mass is 16.6. The Kier molecular flexibility index (Phi) is 6.19. The van der Waals surface area contributed by atoms with E-state index in [9.17, 15) is 24.5 Å². The molecule has 0 radical (unpaired) electrons. The van der Waals surface area contributed by atoms with Crippen molar-refractivity contribution in [2.24, 2.45) is 0 Å². The van der Waals surface area contributed by atoms with Gasteiger partial charge in [0.05, 0.1) is 23.4 Å². The van der Waals surface area contributed by atoms with Crippen LogP contribution in [0.4, 0.5) is 16.2 Å². The predicted molar refractivity (Wildman–Crippen MR) is 133 cm³/mol. The maximum absolute atomic E-state index is 13.3. The minimum Gasteiger partial charge on any atom is -0.495 e. The summed E-state index contributed by atoms with van der Waals surface area (Å²) in [6.07, 6.45) is 1.42. The van der Waals surface area contributed by atoms with Gasteiger partial charge in [0, 0.05) is 23.5 Å². The fourth-order valence-corrected chi connectivity index (χ4v) is 4.18. The molecule has 36 heavy (non-hydrogen) atoms. The number of imide groups is 2. The number of anilines is 1. The number of methoxy groups -OCH3 is 1. The number of nitrogens with zero attached hydrogens (tertiary/aromatic N) is 3. The average Bonchev–Trinajstić information content (AvgIpc) is 3.10. The Morgan fingerprint density at radius 3 is 2.33 bits per heavy atom. The van der Waals surface area contributed by atoms with Gasteiger partial charge in [-0.25, -0.2) is 9.69 Å². The van der Waals surface area contributed by atoms with Gasteiger partial charge in [0.1, 0.15) is 11.3 Å². The molecule has 3 aromatic rings. The van der Waals surface area contributed by atoms with Crippen molar-refractivity contribution in [2.75, 3.05) is 12.0 Å². The summed E-state index contributed by atoms with van der Waals surface area (Å²) in [6.45, 7) is 7.33. The standard InChI is InChI=1S/C26H24N4O6/c1-14-6-7-19(10-15(14)2)29-25(32)21(24(31)27-26(29)33)12-18-11-16(3)28(17(18)4)22-13-20(30(34)35)8-9-23(22)36-5/h6-13H,1-5H3,(H,27,31,33)/b21-12+. The van der Waals surface area contributed by atoms with Crippen molar-refractivity contribution >= 4 is 35.3 Å². The number of barbiturate groups is 1. The number of nitro benzene ring substituents is 1. The molecule has 1 aliphatic rings. The number of non-ortho nitro benzene ring substituents is 1. The average molecular weight is 489 g/mol. The molecule has 1 aliphatic heterocycles. The number of benzene rings is 2. The van der Waals surface area contributed by atoms with Gasteiger partial charge in [0.25, 0.3) is 17.5 Å². The van der Waals surface area contributed by atoms with Crippen LogP contribution < -0.4 is 15.0 Å². The topological polar surface area (TPSA) is 124 Å². The number of nitrogens with one attached hydrogen (secondary N) is 1. The highest BCUT2D eigenvalue weighted by Gasteiger charge is 2.37. The van der Waals surface area contributed by atoms with E-state index in [2.05, 4.69) is 5.32 Å². The number of aromatic nitrogens is 1. The molecule has 1 N–H and O–H groups in total. The second kappa shape index (κ2) is 9.14. The quantitative estimate of drug-likeness (QED) is 0.247. The zero-order valence-electron chi connectivity index (χ0n) is 20.4. The van der Waals surface area contributed by atoms with Crippen LogP contribution in [0.1, 0.15) is 28.1 Å². The van der Waals surface area contributed by atoms with Gasteiger partial charge in [-0.15, -0.1) is 0 Å². The van der Waals surface area contributed by atoms with Crippen LogP contribution in [0.25, 0.3) is 11.8 Å². The molecular weight excluding hydrogens is 464 g/mol. The van der Waals surface area contributed by atoms with E-state index >= 15 is 0 Å². The first-order chi connectivity index (χ1) is 17.0. The molecule has 10 nitrogen and oxygen atoms in total. The molecular formula is C26H24N4O6. The molecule has 0 saturated carbocycles. The second-order valence-corrected chi connectivity index (χ2v) is 8.50. The van der Waals surface area contributed by atoms with E-state index in [4.69, 9.17) is 4.74 Å². The van der Waals surface area contributed by atoms with Crippen LogP contribution in [-0.4, -0.2) is 34.4 Å². The first-order valence-electron chi connectivity index (χ1n) is 11.0. The molecule has 2 heterocycles. The van der Waals surface area contributed by atoms with Crippen LogP contribution in [0.2, 0.25) is 0 Å². The number of aryl methyl sites for hydroxylation is 3. The van der Waals surface area contributed by atoms with Crippen LogP contribution in [-0.2, 0) is 9.59 Å². The van der Waals surface area contributed by atoms with Crippen LogP contribution in [0.15, 0.2) is 48.0 Å². The highest BCUT2D eigenvalue weighted by Crippen LogP contribution is 2.32. The lowest BCUT2D eigenvalue weighted by Crippen LogP contribution is -2.54. The van der Waals surface area contributed by atoms with Gasteiger partial charge in [-0.05, 0) is 74.7 Å². The van der Waals surface area contributed by atoms with Crippen molar-refractivity contribution in [3.05, 3.63) is 86.2 Å². The lowest BCUT2D eigenvalue weighted by molar-refractivity contribution is -0.384. The fraction of sp³-hybridized carbons (Fsp3) is 0.192. The van der Waals surface area contributed by atoms with Gasteiger partial charge >= 0.3 is 6.03 Å². The number of carbonyl (C=O) groups excluding carboxylic acids is 3. The summed E-state index contributed by atoms with van der Waals surface area (Å²) in [7, 11) is 1.46. The maximum atomic E-state index is 13.3. The number of hydrogen-bond donors (Lipinski definition) is 1. The zero-order valence-corrected chi connectivity index (χ0v) is 20.4. The number of urea groups is 1. The molecule has 0 aliphatic carbocycles. The SMILES string of the molecule is COc1ccc([N+](=O)[O-])cc1-n1c(C)cc(/C=C2\C(=O)NC(=O)N(c3ccc(C)c(C)c3)C2=O)c1C. The number of rotatable bonds is 5. The predicted octanol–water partition coefficient (Wildman–Crippen LogP) is 4.29. The Morgan fingerprint density at radius 1 is 0.972 bits per heavy atom. The minimum absolute atomic E-state index is 0.109. The molecule has 0 unspecified atom stereocenters. The molecule has 184 valence electrons. The highest BCUT2D eigenvalue weighted by molar-refractivity contribution is 6.39. The summed E-state index contributed by atoms with van der Waals surface area (Å²) < 4.78 is 7.16. The van der Waals surface area contributed by atoms with Crippen LogP contribution in [0.5, 0.6) is 5.75 Å². The third-order valence-corrected chi connectivity index (χ3v) is 6.23. The molecule has 0 spiro atoms. The lowest BCUT2D eigenvalue weighted by Gasteiger charge is -2.26. The largest absolute Gasteiger partial charge is 0.495 e. The maximum Gasteiger partial charge on any atom is 0.335 e. The summed E-state index contributed by atoms with van der Waals surface area (Å²) in [5.74, 6) is -1.13. The Morgan fingerprint density at radius 2 is 1.69 bits per heavy atom. The Hall–Kier alpha value is -4.73. The van der Waals surface area contributed by atoms with E-state index in [1.165, 1.54) is 31.4 Å². The third kappa shape index (κ3) is 4.13. The van der Waals surface area contributed by atoms with Gasteiger partial charge in [-0.1, -0.05) is 6.07 Å². The van der Waals surface area contributed by atoms with Crippen LogP contribution in [0.3, 0.4) is 0 Å². The molecule has 2 aromatic carbocycles. The number of amides is 4. The molecule has 0 atom stereocenters. The van der Waals surface area contributed by atoms with Gasteiger partial charge in [-0.2, -0.15) is 0 Å². The van der Waals surface area contributed by atoms with Crippen molar-refractivity contribution in [1.29, 1.82) is 0 Å². The van der Waals surface area contributed by atoms with Crippen LogP contribution >= 0.6 is 0 Å². The molecule has 0 bridgehead atoms. The third-order valence-electron chi connectivity index (χ3n) is 6.23. The van der Waals surface area contributed by atoms with Crippen molar-refractivity contribution in [1.82, 2.24) is 9.88 Å². The van der Waals surface area contributed by atoms with Gasteiger partial charge in [0.2, 0.25) is 0 Å². The molecule has 1 fully saturated rings. The van der Waals surface area contributed by atoms with E-state index in [1.54, 1.807) is 42.7 Å². The van der Waals surface area contributed by atoms with E-state index in [0.717, 1.165) is 16.0 Å². The van der Waals surface area contributed by atoms with Crippen LogP contribution in [0, 0.1) is 37.8 Å². The fourth-order valence-electron chi connectivity index (χ4n) is 4.18. The zero-order chi connectivity index (χ0) is 26.3. The van der Waals surface area contributed by atoms with E-state index in [0.29, 0.717) is 34.1 Å². The van der Waals surface area contributed by atoms with Gasteiger partial charge in [0.15, 0.2) is 0 Å². The van der Waals surface area contributed by atoms with Crippen molar-refractivity contribution in [3.63, 3.8) is 0 Å². The molecule has 1 aromatic heterocycles. The summed E-state index contributed by atoms with van der Waals surface area (Å²) in [4.78, 5) is 50.3. The number of hydrogen-bond acceptors (Lipinski definition) is 6. The second-order valence-electron chi connectivity index (χ2n) is 8.50. The number of nitro groups is 1. The molecule has 10 heteroatoms.